The Kier molecular flexibility index (Phi) is 3.94. The Morgan fingerprint density at radius 1 is 1.37 bits per heavy atom. The first-order valence-electron chi connectivity index (χ1n) is 6.27. The van der Waals surface area contributed by atoms with E-state index >= 15 is 0 Å². The third kappa shape index (κ3) is 3.32. The Morgan fingerprint density at radius 2 is 2.00 bits per heavy atom. The Morgan fingerprint density at radius 3 is 2.53 bits per heavy atom. The Balaban J connectivity index is 2.09. The van der Waals surface area contributed by atoms with Gasteiger partial charge in [0.05, 0.1) is 5.75 Å². The van der Waals surface area contributed by atoms with Crippen LogP contribution in [0.2, 0.25) is 0 Å². The summed E-state index contributed by atoms with van der Waals surface area (Å²) in [5, 5.41) is 0. The van der Waals surface area contributed by atoms with Gasteiger partial charge in [-0.3, -0.25) is 0 Å². The molecule has 0 radical (unpaired) electrons. The van der Waals surface area contributed by atoms with Crippen LogP contribution in [0.4, 0.5) is 4.39 Å². The van der Waals surface area contributed by atoms with Gasteiger partial charge in [-0.15, -0.1) is 0 Å². The summed E-state index contributed by atoms with van der Waals surface area (Å²) >= 11 is 0. The monoisotopic (exact) mass is 286 g/mol. The zero-order valence-electron chi connectivity index (χ0n) is 11.0. The fraction of sp³-hybridized carbons (Fsp3) is 0.538. The van der Waals surface area contributed by atoms with Crippen molar-refractivity contribution in [3.8, 4) is 0 Å². The molecule has 1 saturated heterocycles. The molecule has 2 rings (SSSR count). The summed E-state index contributed by atoms with van der Waals surface area (Å²) in [6.45, 7) is 3.46. The average Bonchev–Trinajstić information content (AvgIpc) is 2.76. The Hall–Kier alpha value is -0.980. The van der Waals surface area contributed by atoms with Crippen molar-refractivity contribution >= 4 is 10.0 Å². The smallest absolute Gasteiger partial charge is 0.218 e. The van der Waals surface area contributed by atoms with Crippen molar-refractivity contribution < 1.29 is 12.8 Å². The molecule has 1 fully saturated rings. The third-order valence-corrected chi connectivity index (χ3v) is 5.47. The number of rotatable bonds is 4. The number of hydrogen-bond donors (Lipinski definition) is 1. The fourth-order valence-electron chi connectivity index (χ4n) is 2.27. The molecule has 1 atom stereocenters. The lowest BCUT2D eigenvalue weighted by atomic mass is 9.90. The van der Waals surface area contributed by atoms with Crippen molar-refractivity contribution in [3.63, 3.8) is 0 Å². The molecule has 1 heterocycles. The van der Waals surface area contributed by atoms with Crippen LogP contribution in [0, 0.1) is 11.2 Å². The van der Waals surface area contributed by atoms with Crippen molar-refractivity contribution in [2.24, 2.45) is 11.1 Å². The fourth-order valence-corrected chi connectivity index (χ4v) is 3.94. The van der Waals surface area contributed by atoms with E-state index in [1.807, 2.05) is 6.92 Å². The maximum absolute atomic E-state index is 12.8. The Bertz CT molecular complexity index is 544. The van der Waals surface area contributed by atoms with Crippen molar-refractivity contribution in [1.82, 2.24) is 4.31 Å². The van der Waals surface area contributed by atoms with E-state index in [4.69, 9.17) is 5.73 Å². The second-order valence-electron chi connectivity index (χ2n) is 5.48. The van der Waals surface area contributed by atoms with E-state index in [9.17, 15) is 12.8 Å². The zero-order valence-corrected chi connectivity index (χ0v) is 11.8. The summed E-state index contributed by atoms with van der Waals surface area (Å²) in [7, 11) is -3.35. The molecule has 1 aromatic carbocycles. The molecule has 0 amide bonds. The highest BCUT2D eigenvalue weighted by molar-refractivity contribution is 7.88. The second kappa shape index (κ2) is 5.19. The first-order chi connectivity index (χ1) is 8.85. The lowest BCUT2D eigenvalue weighted by Gasteiger charge is -2.22. The van der Waals surface area contributed by atoms with Gasteiger partial charge in [-0.05, 0) is 36.1 Å². The number of nitrogens with two attached hydrogens (primary N) is 1. The standard InChI is InChI=1S/C13H19FN2O2S/c1-13(9-15)6-7-16(10-13)19(17,18)8-11-2-4-12(14)5-3-11/h2-5H,6-10,15H2,1H3. The van der Waals surface area contributed by atoms with E-state index in [-0.39, 0.29) is 17.0 Å². The molecule has 0 saturated carbocycles. The molecule has 4 nitrogen and oxygen atoms in total. The van der Waals surface area contributed by atoms with Crippen LogP contribution in [0.1, 0.15) is 18.9 Å². The van der Waals surface area contributed by atoms with Gasteiger partial charge in [0.1, 0.15) is 5.82 Å². The van der Waals surface area contributed by atoms with Crippen LogP contribution < -0.4 is 5.73 Å². The van der Waals surface area contributed by atoms with E-state index < -0.39 is 10.0 Å². The van der Waals surface area contributed by atoms with E-state index in [1.165, 1.54) is 28.6 Å². The SMILES string of the molecule is CC1(CN)CCN(S(=O)(=O)Cc2ccc(F)cc2)C1. The molecule has 19 heavy (non-hydrogen) atoms. The molecule has 0 aliphatic carbocycles. The quantitative estimate of drug-likeness (QED) is 0.908. The molecule has 0 spiro atoms. The van der Waals surface area contributed by atoms with Gasteiger partial charge in [-0.2, -0.15) is 0 Å². The number of benzene rings is 1. The molecule has 2 N–H and O–H groups in total. The van der Waals surface area contributed by atoms with Crippen LogP contribution in [0.3, 0.4) is 0 Å². The minimum atomic E-state index is -3.35. The van der Waals surface area contributed by atoms with Crippen molar-refractivity contribution in [2.45, 2.75) is 19.1 Å². The molecule has 1 aromatic rings. The predicted molar refractivity (Wildman–Crippen MR) is 72.4 cm³/mol. The second-order valence-corrected chi connectivity index (χ2v) is 7.45. The number of hydrogen-bond acceptors (Lipinski definition) is 3. The van der Waals surface area contributed by atoms with Gasteiger partial charge in [0.2, 0.25) is 10.0 Å². The van der Waals surface area contributed by atoms with E-state index in [1.54, 1.807) is 0 Å². The largest absolute Gasteiger partial charge is 0.330 e. The highest BCUT2D eigenvalue weighted by atomic mass is 32.2. The van der Waals surface area contributed by atoms with Crippen molar-refractivity contribution in [3.05, 3.63) is 35.6 Å². The molecule has 6 heteroatoms. The summed E-state index contributed by atoms with van der Waals surface area (Å²) in [4.78, 5) is 0. The minimum Gasteiger partial charge on any atom is -0.330 e. The predicted octanol–water partition coefficient (Wildman–Crippen LogP) is 1.33. The summed E-state index contributed by atoms with van der Waals surface area (Å²) in [5.74, 6) is -0.452. The molecule has 0 aromatic heterocycles. The van der Waals surface area contributed by atoms with Crippen LogP contribution in [-0.4, -0.2) is 32.4 Å². The zero-order chi connectivity index (χ0) is 14.1. The van der Waals surface area contributed by atoms with Crippen molar-refractivity contribution in [1.29, 1.82) is 0 Å². The molecular weight excluding hydrogens is 267 g/mol. The lowest BCUT2D eigenvalue weighted by Crippen LogP contribution is -2.35. The maximum atomic E-state index is 12.8. The summed E-state index contributed by atoms with van der Waals surface area (Å²) in [6, 6.07) is 5.56. The van der Waals surface area contributed by atoms with E-state index in [2.05, 4.69) is 0 Å². The number of nitrogens with zero attached hydrogens (tertiary/aromatic N) is 1. The van der Waals surface area contributed by atoms with E-state index in [0.29, 0.717) is 25.2 Å². The molecule has 106 valence electrons. The first-order valence-corrected chi connectivity index (χ1v) is 7.88. The lowest BCUT2D eigenvalue weighted by molar-refractivity contribution is 0.349. The topological polar surface area (TPSA) is 63.4 Å². The van der Waals surface area contributed by atoms with Crippen LogP contribution in [0.25, 0.3) is 0 Å². The Labute approximate surface area is 113 Å². The summed E-state index contributed by atoms with van der Waals surface area (Å²) in [5.41, 5.74) is 6.15. The minimum absolute atomic E-state index is 0.0894. The van der Waals surface area contributed by atoms with Crippen LogP contribution in [0.15, 0.2) is 24.3 Å². The molecule has 1 unspecified atom stereocenters. The normalized spacial score (nSPS) is 24.8. The summed E-state index contributed by atoms with van der Waals surface area (Å²) in [6.07, 6.45) is 0.784. The van der Waals surface area contributed by atoms with Gasteiger partial charge in [0, 0.05) is 13.1 Å². The van der Waals surface area contributed by atoms with Crippen LogP contribution in [-0.2, 0) is 15.8 Å². The maximum Gasteiger partial charge on any atom is 0.218 e. The highest BCUT2D eigenvalue weighted by Gasteiger charge is 2.38. The van der Waals surface area contributed by atoms with Gasteiger partial charge < -0.3 is 5.73 Å². The molecule has 1 aliphatic heterocycles. The molecular formula is C13H19FN2O2S. The van der Waals surface area contributed by atoms with Crippen LogP contribution >= 0.6 is 0 Å². The van der Waals surface area contributed by atoms with Gasteiger partial charge in [-0.1, -0.05) is 19.1 Å². The average molecular weight is 286 g/mol. The van der Waals surface area contributed by atoms with E-state index in [0.717, 1.165) is 6.42 Å². The number of halogens is 1. The highest BCUT2D eigenvalue weighted by Crippen LogP contribution is 2.31. The number of sulfonamides is 1. The first kappa shape index (κ1) is 14.4. The van der Waals surface area contributed by atoms with Crippen LogP contribution in [0.5, 0.6) is 0 Å². The van der Waals surface area contributed by atoms with Gasteiger partial charge in [0.15, 0.2) is 0 Å². The molecule has 1 aliphatic rings. The molecule has 0 bridgehead atoms. The van der Waals surface area contributed by atoms with Crippen molar-refractivity contribution in [2.75, 3.05) is 19.6 Å². The van der Waals surface area contributed by atoms with Gasteiger partial charge in [0.25, 0.3) is 0 Å². The third-order valence-electron chi connectivity index (χ3n) is 3.67. The van der Waals surface area contributed by atoms with Gasteiger partial charge >= 0.3 is 0 Å². The van der Waals surface area contributed by atoms with Gasteiger partial charge in [-0.25, -0.2) is 17.1 Å². The summed E-state index contributed by atoms with van der Waals surface area (Å²) < 4.78 is 38.8.